The zero-order chi connectivity index (χ0) is 40.9. The second-order valence-electron chi connectivity index (χ2n) is 19.4. The molecule has 5 N–H and O–H groups in total. The summed E-state index contributed by atoms with van der Waals surface area (Å²) in [7, 11) is 0. The predicted molar refractivity (Wildman–Crippen MR) is 211 cm³/mol. The van der Waals surface area contributed by atoms with Crippen LogP contribution < -0.4 is 0 Å². The molecule has 3 spiro atoms. The predicted octanol–water partition coefficient (Wildman–Crippen LogP) is 6.08. The first-order valence-corrected chi connectivity index (χ1v) is 22.0. The molecule has 1 aliphatic carbocycles. The van der Waals surface area contributed by atoms with Crippen molar-refractivity contribution in [1.29, 1.82) is 0 Å². The maximum atomic E-state index is 11.7. The van der Waals surface area contributed by atoms with Gasteiger partial charge in [0.1, 0.15) is 12.2 Å². The number of hydrogen-bond donors (Lipinski definition) is 5. The first kappa shape index (κ1) is 43.4. The summed E-state index contributed by atoms with van der Waals surface area (Å²) in [5.74, 6) is -3.67. The Balaban J connectivity index is 0.920. The summed E-state index contributed by atoms with van der Waals surface area (Å²) in [6.45, 7) is 14.8. The quantitative estimate of drug-likeness (QED) is 0.161. The van der Waals surface area contributed by atoms with Gasteiger partial charge in [-0.25, -0.2) is 4.79 Å². The van der Waals surface area contributed by atoms with Gasteiger partial charge in [-0.1, -0.05) is 45.1 Å². The van der Waals surface area contributed by atoms with Gasteiger partial charge in [0, 0.05) is 43.9 Å². The molecule has 6 heterocycles. The number of rotatable bonds is 10. The van der Waals surface area contributed by atoms with E-state index in [0.717, 1.165) is 57.1 Å². The van der Waals surface area contributed by atoms with E-state index >= 15 is 0 Å². The van der Waals surface area contributed by atoms with Crippen molar-refractivity contribution in [2.45, 2.75) is 203 Å². The lowest BCUT2D eigenvalue weighted by Crippen LogP contribution is -2.57. The number of carboxylic acids is 1. The van der Waals surface area contributed by atoms with Crippen LogP contribution in [-0.4, -0.2) is 110 Å². The minimum absolute atomic E-state index is 0.0132. The first-order chi connectivity index (χ1) is 26.9. The number of fused-ring (bicyclic) bond motifs is 1. The maximum Gasteiger partial charge on any atom is 0.335 e. The Hall–Kier alpha value is -1.71. The number of aliphatic hydroxyl groups is 4. The van der Waals surface area contributed by atoms with E-state index in [4.69, 9.17) is 28.4 Å². The van der Waals surface area contributed by atoms with Crippen LogP contribution >= 0.6 is 0 Å². The van der Waals surface area contributed by atoms with Gasteiger partial charge in [-0.15, -0.1) is 0 Å². The summed E-state index contributed by atoms with van der Waals surface area (Å²) in [6, 6.07) is 0. The fourth-order valence-corrected chi connectivity index (χ4v) is 11.1. The van der Waals surface area contributed by atoms with Gasteiger partial charge in [0.05, 0.1) is 43.2 Å². The molecule has 7 aliphatic rings. The number of ether oxygens (including phenoxy) is 6. The van der Waals surface area contributed by atoms with Crippen LogP contribution in [0.3, 0.4) is 0 Å². The number of aliphatic carboxylic acids is 1. The molecule has 7 rings (SSSR count). The van der Waals surface area contributed by atoms with Crippen molar-refractivity contribution in [2.75, 3.05) is 6.61 Å². The van der Waals surface area contributed by atoms with E-state index in [0.29, 0.717) is 56.4 Å². The fourth-order valence-electron chi connectivity index (χ4n) is 11.1. The van der Waals surface area contributed by atoms with Crippen LogP contribution in [0, 0.1) is 29.6 Å². The van der Waals surface area contributed by atoms with Crippen molar-refractivity contribution in [3.8, 4) is 0 Å². The van der Waals surface area contributed by atoms with E-state index in [-0.39, 0.29) is 48.4 Å². The maximum absolute atomic E-state index is 11.7. The molecule has 0 bridgehead atoms. The second-order valence-corrected chi connectivity index (χ2v) is 19.4. The lowest BCUT2D eigenvalue weighted by atomic mass is 9.68. The summed E-state index contributed by atoms with van der Waals surface area (Å²) in [4.78, 5) is 11.6. The Kier molecular flexibility index (Phi) is 12.9. The van der Waals surface area contributed by atoms with Gasteiger partial charge in [0.2, 0.25) is 5.79 Å². The van der Waals surface area contributed by atoms with Crippen LogP contribution in [0.15, 0.2) is 36.0 Å². The van der Waals surface area contributed by atoms with Gasteiger partial charge >= 0.3 is 5.97 Å². The highest BCUT2D eigenvalue weighted by molar-refractivity contribution is 5.76. The first-order valence-electron chi connectivity index (χ1n) is 22.0. The molecule has 0 radical (unpaired) electrons. The molecule has 1 saturated carbocycles. The minimum atomic E-state index is -1.95. The van der Waals surface area contributed by atoms with E-state index < -0.39 is 59.5 Å². The largest absolute Gasteiger partial charge is 0.479 e. The van der Waals surface area contributed by atoms with E-state index in [2.05, 4.69) is 39.5 Å². The molecule has 0 aromatic heterocycles. The SMILES string of the molecule is C=C1[C@@H](O)[C@@H]2OC3(CCC2C[C@@H]1[C@@H](O)CC(C)C1O[C@@]2(CCCCO2)CCC1C)CC[C@H](/C=C/C(C)[C@@H]1CC(C)=CC2(O[C@H](CC(C)(O)C(=O)O)CC[C@H]2O)O1)O3. The number of carboxylic acid groups (broad SMARTS) is 1. The van der Waals surface area contributed by atoms with Crippen molar-refractivity contribution in [2.24, 2.45) is 29.6 Å². The van der Waals surface area contributed by atoms with E-state index in [9.17, 15) is 30.3 Å². The molecule has 6 aliphatic heterocycles. The highest BCUT2D eigenvalue weighted by Crippen LogP contribution is 2.50. The van der Waals surface area contributed by atoms with Crippen LogP contribution in [0.25, 0.3) is 0 Å². The van der Waals surface area contributed by atoms with Crippen LogP contribution in [0.2, 0.25) is 0 Å². The normalized spacial score (nSPS) is 45.4. The molecule has 322 valence electrons. The molecule has 0 aromatic carbocycles. The van der Waals surface area contributed by atoms with Gasteiger partial charge < -0.3 is 54.0 Å². The van der Waals surface area contributed by atoms with Crippen molar-refractivity contribution >= 4 is 5.97 Å². The summed E-state index contributed by atoms with van der Waals surface area (Å²) in [5.41, 5.74) is -0.310. The van der Waals surface area contributed by atoms with Gasteiger partial charge in [-0.3, -0.25) is 0 Å². The fraction of sp³-hybridized carbons (Fsp3) is 0.844. The van der Waals surface area contributed by atoms with E-state index in [1.807, 2.05) is 6.92 Å². The molecular weight excluding hydrogens is 732 g/mol. The number of aliphatic hydroxyl groups excluding tert-OH is 3. The third kappa shape index (κ3) is 9.16. The molecule has 17 atom stereocenters. The van der Waals surface area contributed by atoms with Crippen molar-refractivity contribution in [3.05, 3.63) is 36.0 Å². The number of carbonyl (C=O) groups is 1. The highest BCUT2D eigenvalue weighted by atomic mass is 16.7. The van der Waals surface area contributed by atoms with Crippen molar-refractivity contribution < 1.29 is 58.7 Å². The van der Waals surface area contributed by atoms with E-state index in [1.54, 1.807) is 6.08 Å². The van der Waals surface area contributed by atoms with Crippen LogP contribution in [0.1, 0.15) is 131 Å². The van der Waals surface area contributed by atoms with Gasteiger partial charge in [-0.2, -0.15) is 0 Å². The lowest BCUT2D eigenvalue weighted by Gasteiger charge is -2.50. The number of hydrogen-bond acceptors (Lipinski definition) is 11. The molecule has 0 aromatic rings. The molecular formula is C45H70O12. The third-order valence-electron chi connectivity index (χ3n) is 14.6. The van der Waals surface area contributed by atoms with Crippen molar-refractivity contribution in [3.63, 3.8) is 0 Å². The third-order valence-corrected chi connectivity index (χ3v) is 14.6. The molecule has 8 unspecified atom stereocenters. The van der Waals surface area contributed by atoms with E-state index in [1.165, 1.54) is 6.92 Å². The Bertz CT molecular complexity index is 1500. The zero-order valence-electron chi connectivity index (χ0n) is 34.9. The van der Waals surface area contributed by atoms with Gasteiger partial charge in [0.15, 0.2) is 17.2 Å². The summed E-state index contributed by atoms with van der Waals surface area (Å²) in [6.07, 6.45) is 12.7. The topological polar surface area (TPSA) is 174 Å². The Morgan fingerprint density at radius 2 is 1.75 bits per heavy atom. The van der Waals surface area contributed by atoms with Crippen LogP contribution in [0.5, 0.6) is 0 Å². The molecule has 12 heteroatoms. The Morgan fingerprint density at radius 3 is 2.49 bits per heavy atom. The Morgan fingerprint density at radius 1 is 1.00 bits per heavy atom. The lowest BCUT2D eigenvalue weighted by molar-refractivity contribution is -0.320. The van der Waals surface area contributed by atoms with Crippen molar-refractivity contribution in [1.82, 2.24) is 0 Å². The van der Waals surface area contributed by atoms with Gasteiger partial charge in [-0.05, 0) is 107 Å². The van der Waals surface area contributed by atoms with Crippen LogP contribution in [0.4, 0.5) is 0 Å². The van der Waals surface area contributed by atoms with Gasteiger partial charge in [0.25, 0.3) is 0 Å². The zero-order valence-corrected chi connectivity index (χ0v) is 34.9. The average Bonchev–Trinajstić information content (AvgIpc) is 3.56. The molecule has 57 heavy (non-hydrogen) atoms. The molecule has 6 fully saturated rings. The molecule has 0 amide bonds. The highest BCUT2D eigenvalue weighted by Gasteiger charge is 2.54. The molecule has 5 saturated heterocycles. The summed E-state index contributed by atoms with van der Waals surface area (Å²) >= 11 is 0. The smallest absolute Gasteiger partial charge is 0.335 e. The minimum Gasteiger partial charge on any atom is -0.479 e. The Labute approximate surface area is 339 Å². The molecule has 12 nitrogen and oxygen atoms in total. The average molecular weight is 803 g/mol. The summed E-state index contributed by atoms with van der Waals surface area (Å²) in [5, 5.41) is 54.2. The summed E-state index contributed by atoms with van der Waals surface area (Å²) < 4.78 is 39.0. The second kappa shape index (κ2) is 17.0. The van der Waals surface area contributed by atoms with Crippen LogP contribution in [-0.2, 0) is 33.2 Å². The standard InChI is InChI=1S/C45H70O12/c1-26-21-36(55-45(24-26)37(47)12-11-33(54-45)25-42(6,51)41(49)50)27(2)9-10-32-15-19-44(53-32)18-14-31-23-34(30(5)38(48)40(31)57-44)35(46)22-29(4)39-28(3)13-17-43(56-39)16-7-8-20-52-43/h9-10,24,27-29,31-40,46-48,51H,5,7-8,11-23,25H2,1-4,6H3,(H,49,50)/b10-9+/t27?,28?,29?,31?,32-,33-,34-,35-,36-,37+,38+,39?,40+,42?,43-,44?,45?/m0/s1. The monoisotopic (exact) mass is 802 g/mol.